The molecule has 0 bridgehead atoms. The molecule has 1 rings (SSSR count). The fourth-order valence-corrected chi connectivity index (χ4v) is 2.43. The number of para-hydroxylation sites is 1. The summed E-state index contributed by atoms with van der Waals surface area (Å²) in [5.74, 6) is 1.04. The first kappa shape index (κ1) is 15.8. The van der Waals surface area contributed by atoms with Gasteiger partial charge < -0.3 is 9.64 Å². The van der Waals surface area contributed by atoms with Gasteiger partial charge in [0.15, 0.2) is 0 Å². The van der Waals surface area contributed by atoms with E-state index in [2.05, 4.69) is 13.8 Å². The quantitative estimate of drug-likeness (QED) is 0.716. The van der Waals surface area contributed by atoms with Crippen molar-refractivity contribution in [1.82, 2.24) is 4.90 Å². The average molecular weight is 284 g/mol. The highest BCUT2D eigenvalue weighted by Gasteiger charge is 2.23. The molecule has 0 N–H and O–H groups in total. The topological polar surface area (TPSA) is 29.5 Å². The lowest BCUT2D eigenvalue weighted by Crippen LogP contribution is -2.41. The Morgan fingerprint density at radius 2 is 1.95 bits per heavy atom. The van der Waals surface area contributed by atoms with Crippen LogP contribution in [0.3, 0.4) is 0 Å². The van der Waals surface area contributed by atoms with Crippen LogP contribution in [0.15, 0.2) is 24.3 Å². The van der Waals surface area contributed by atoms with Gasteiger partial charge in [-0.25, -0.2) is 0 Å². The van der Waals surface area contributed by atoms with Gasteiger partial charge >= 0.3 is 0 Å². The Kier molecular flexibility index (Phi) is 6.71. The van der Waals surface area contributed by atoms with Crippen LogP contribution < -0.4 is 4.74 Å². The van der Waals surface area contributed by atoms with Crippen molar-refractivity contribution in [3.05, 3.63) is 29.8 Å². The summed E-state index contributed by atoms with van der Waals surface area (Å²) >= 11 is 5.83. The highest BCUT2D eigenvalue weighted by atomic mass is 35.5. The van der Waals surface area contributed by atoms with Gasteiger partial charge in [0.2, 0.25) is 0 Å². The molecule has 0 spiro atoms. The van der Waals surface area contributed by atoms with Gasteiger partial charge in [-0.3, -0.25) is 4.79 Å². The normalized spacial score (nSPS) is 10.6. The van der Waals surface area contributed by atoms with Crippen LogP contribution >= 0.6 is 11.6 Å². The minimum Gasteiger partial charge on any atom is -0.496 e. The van der Waals surface area contributed by atoms with Crippen molar-refractivity contribution in [2.24, 2.45) is 0 Å². The molecule has 0 aliphatic heterocycles. The number of ether oxygens (including phenoxy) is 1. The number of benzene rings is 1. The van der Waals surface area contributed by atoms with E-state index in [1.54, 1.807) is 19.2 Å². The molecule has 1 aromatic rings. The van der Waals surface area contributed by atoms with Gasteiger partial charge in [0.05, 0.1) is 12.7 Å². The third-order valence-corrected chi connectivity index (χ3v) is 3.48. The maximum atomic E-state index is 12.7. The van der Waals surface area contributed by atoms with E-state index in [0.29, 0.717) is 23.7 Å². The summed E-state index contributed by atoms with van der Waals surface area (Å²) in [5.41, 5.74) is 0.599. The summed E-state index contributed by atoms with van der Waals surface area (Å²) < 4.78 is 5.26. The zero-order valence-electron chi connectivity index (χ0n) is 11.9. The van der Waals surface area contributed by atoms with E-state index in [1.165, 1.54) is 0 Å². The molecule has 1 amide bonds. The van der Waals surface area contributed by atoms with E-state index in [4.69, 9.17) is 16.3 Å². The Bertz CT molecular complexity index is 405. The molecule has 0 aromatic heterocycles. The van der Waals surface area contributed by atoms with Crippen molar-refractivity contribution < 1.29 is 9.53 Å². The fraction of sp³-hybridized carbons (Fsp3) is 0.533. The first-order valence-corrected chi connectivity index (χ1v) is 7.22. The smallest absolute Gasteiger partial charge is 0.257 e. The largest absolute Gasteiger partial charge is 0.496 e. The lowest BCUT2D eigenvalue weighted by Gasteiger charge is -2.30. The Morgan fingerprint density at radius 1 is 1.32 bits per heavy atom. The minimum atomic E-state index is -0.00759. The van der Waals surface area contributed by atoms with Gasteiger partial charge in [-0.05, 0) is 25.0 Å². The Labute approximate surface area is 120 Å². The van der Waals surface area contributed by atoms with E-state index in [-0.39, 0.29) is 11.9 Å². The van der Waals surface area contributed by atoms with Gasteiger partial charge in [0, 0.05) is 18.5 Å². The Hall–Kier alpha value is -1.22. The van der Waals surface area contributed by atoms with E-state index < -0.39 is 0 Å². The lowest BCUT2D eigenvalue weighted by atomic mass is 10.1. The lowest BCUT2D eigenvalue weighted by molar-refractivity contribution is 0.0678. The molecule has 0 unspecified atom stereocenters. The van der Waals surface area contributed by atoms with Crippen LogP contribution in [0.1, 0.15) is 37.0 Å². The van der Waals surface area contributed by atoms with Crippen LogP contribution in [0.2, 0.25) is 0 Å². The maximum Gasteiger partial charge on any atom is 0.257 e. The van der Waals surface area contributed by atoms with E-state index >= 15 is 0 Å². The number of carbonyl (C=O) groups excluding carboxylic acids is 1. The molecule has 0 heterocycles. The van der Waals surface area contributed by atoms with Crippen molar-refractivity contribution >= 4 is 17.5 Å². The second-order valence-electron chi connectivity index (χ2n) is 4.36. The molecule has 106 valence electrons. The number of carbonyl (C=O) groups is 1. The standard InChI is InChI=1S/C15H22ClNO2/c1-4-12(5-2)17(11-10-16)15(18)13-8-6-7-9-14(13)19-3/h6-9,12H,4-5,10-11H2,1-3H3. The summed E-state index contributed by atoms with van der Waals surface area (Å²) in [5, 5.41) is 0. The summed E-state index contributed by atoms with van der Waals surface area (Å²) in [6.07, 6.45) is 1.85. The number of methoxy groups -OCH3 is 1. The van der Waals surface area contributed by atoms with E-state index in [9.17, 15) is 4.79 Å². The predicted octanol–water partition coefficient (Wildman–Crippen LogP) is 3.56. The van der Waals surface area contributed by atoms with Gasteiger partial charge in [-0.1, -0.05) is 26.0 Å². The number of amides is 1. The maximum absolute atomic E-state index is 12.7. The van der Waals surface area contributed by atoms with Crippen molar-refractivity contribution in [3.63, 3.8) is 0 Å². The third kappa shape index (κ3) is 3.87. The van der Waals surface area contributed by atoms with Crippen molar-refractivity contribution in [1.29, 1.82) is 0 Å². The minimum absolute atomic E-state index is 0.00759. The molecule has 4 heteroatoms. The fourth-order valence-electron chi connectivity index (χ4n) is 2.25. The Morgan fingerprint density at radius 3 is 2.47 bits per heavy atom. The van der Waals surface area contributed by atoms with Crippen molar-refractivity contribution in [2.45, 2.75) is 32.7 Å². The number of hydrogen-bond acceptors (Lipinski definition) is 2. The van der Waals surface area contributed by atoms with Gasteiger partial charge in [0.25, 0.3) is 5.91 Å². The monoisotopic (exact) mass is 283 g/mol. The molecule has 0 atom stereocenters. The predicted molar refractivity (Wildman–Crippen MR) is 79.1 cm³/mol. The first-order chi connectivity index (χ1) is 9.19. The van der Waals surface area contributed by atoms with Crippen LogP contribution in [0.5, 0.6) is 5.75 Å². The summed E-state index contributed by atoms with van der Waals surface area (Å²) in [6.45, 7) is 4.74. The molecule has 0 saturated heterocycles. The molecule has 1 aromatic carbocycles. The number of halogens is 1. The van der Waals surface area contributed by atoms with Gasteiger partial charge in [-0.15, -0.1) is 11.6 Å². The highest BCUT2D eigenvalue weighted by Crippen LogP contribution is 2.21. The SMILES string of the molecule is CCC(CC)N(CCCl)C(=O)c1ccccc1OC. The number of rotatable bonds is 7. The van der Waals surface area contributed by atoms with Crippen LogP contribution in [0.25, 0.3) is 0 Å². The summed E-state index contributed by atoms with van der Waals surface area (Å²) in [4.78, 5) is 14.5. The zero-order chi connectivity index (χ0) is 14.3. The molecular formula is C15H22ClNO2. The van der Waals surface area contributed by atoms with Crippen LogP contribution in [0.4, 0.5) is 0 Å². The second kappa shape index (κ2) is 8.05. The van der Waals surface area contributed by atoms with Crippen LogP contribution in [-0.4, -0.2) is 36.4 Å². The number of nitrogens with zero attached hydrogens (tertiary/aromatic N) is 1. The van der Waals surface area contributed by atoms with E-state index in [1.807, 2.05) is 17.0 Å². The first-order valence-electron chi connectivity index (χ1n) is 6.69. The summed E-state index contributed by atoms with van der Waals surface area (Å²) in [7, 11) is 1.58. The molecule has 0 aliphatic rings. The molecule has 3 nitrogen and oxygen atoms in total. The second-order valence-corrected chi connectivity index (χ2v) is 4.74. The van der Waals surface area contributed by atoms with Gasteiger partial charge in [-0.2, -0.15) is 0 Å². The number of hydrogen-bond donors (Lipinski definition) is 0. The zero-order valence-corrected chi connectivity index (χ0v) is 12.6. The van der Waals surface area contributed by atoms with Crippen LogP contribution in [0, 0.1) is 0 Å². The van der Waals surface area contributed by atoms with Gasteiger partial charge in [0.1, 0.15) is 5.75 Å². The molecule has 19 heavy (non-hydrogen) atoms. The molecule has 0 radical (unpaired) electrons. The highest BCUT2D eigenvalue weighted by molar-refractivity contribution is 6.18. The molecule has 0 saturated carbocycles. The summed E-state index contributed by atoms with van der Waals surface area (Å²) in [6, 6.07) is 7.53. The average Bonchev–Trinajstić information content (AvgIpc) is 2.46. The molecule has 0 aliphatic carbocycles. The van der Waals surface area contributed by atoms with Crippen LogP contribution in [-0.2, 0) is 0 Å². The number of alkyl halides is 1. The van der Waals surface area contributed by atoms with E-state index in [0.717, 1.165) is 12.8 Å². The van der Waals surface area contributed by atoms with Crippen molar-refractivity contribution in [3.8, 4) is 5.75 Å². The Balaban J connectivity index is 3.04. The molecule has 0 fully saturated rings. The molecular weight excluding hydrogens is 262 g/mol. The third-order valence-electron chi connectivity index (χ3n) is 3.31. The van der Waals surface area contributed by atoms with Crippen molar-refractivity contribution in [2.75, 3.05) is 19.5 Å².